The van der Waals surface area contributed by atoms with Gasteiger partial charge in [0, 0.05) is 12.5 Å². The molecule has 1 rings (SSSR count). The van der Waals surface area contributed by atoms with E-state index in [2.05, 4.69) is 10.5 Å². The summed E-state index contributed by atoms with van der Waals surface area (Å²) in [6, 6.07) is 9.84. The first kappa shape index (κ1) is 15.5. The summed E-state index contributed by atoms with van der Waals surface area (Å²) < 4.78 is 0. The quantitative estimate of drug-likeness (QED) is 0.249. The molecule has 1 aromatic carbocycles. The molecular weight excluding hydrogens is 242 g/mol. The predicted molar refractivity (Wildman–Crippen MR) is 76.1 cm³/mol. The zero-order valence-corrected chi connectivity index (χ0v) is 11.3. The van der Waals surface area contributed by atoms with Gasteiger partial charge >= 0.3 is 0 Å². The number of amidine groups is 1. The van der Waals surface area contributed by atoms with Gasteiger partial charge in [0.15, 0.2) is 0 Å². The standard InChI is InChI=1S/C14H23N3O2/c1-2-12(18)8-9-16-13(10-14(15)17-19)11-6-4-3-5-7-11/h3-7,12-13,16,18-19H,2,8-10H2,1H3,(H2,15,17). The molecule has 0 aliphatic carbocycles. The summed E-state index contributed by atoms with van der Waals surface area (Å²) in [5.41, 5.74) is 6.66. The minimum atomic E-state index is -0.284. The highest BCUT2D eigenvalue weighted by atomic mass is 16.4. The summed E-state index contributed by atoms with van der Waals surface area (Å²) in [5.74, 6) is 0.192. The molecule has 1 aromatic rings. The van der Waals surface area contributed by atoms with Crippen molar-refractivity contribution in [1.29, 1.82) is 0 Å². The Morgan fingerprint density at radius 3 is 2.63 bits per heavy atom. The minimum Gasteiger partial charge on any atom is -0.409 e. The van der Waals surface area contributed by atoms with Crippen LogP contribution < -0.4 is 11.1 Å². The maximum Gasteiger partial charge on any atom is 0.141 e. The summed E-state index contributed by atoms with van der Waals surface area (Å²) in [6.07, 6.45) is 1.59. The molecule has 0 radical (unpaired) electrons. The molecule has 2 atom stereocenters. The average molecular weight is 265 g/mol. The van der Waals surface area contributed by atoms with E-state index in [4.69, 9.17) is 10.9 Å². The first-order valence-corrected chi connectivity index (χ1v) is 6.60. The topological polar surface area (TPSA) is 90.9 Å². The van der Waals surface area contributed by atoms with Gasteiger partial charge in [-0.3, -0.25) is 0 Å². The Balaban J connectivity index is 2.60. The summed E-state index contributed by atoms with van der Waals surface area (Å²) in [6.45, 7) is 2.64. The summed E-state index contributed by atoms with van der Waals surface area (Å²) in [7, 11) is 0. The van der Waals surface area contributed by atoms with Crippen molar-refractivity contribution >= 4 is 5.84 Å². The van der Waals surface area contributed by atoms with Gasteiger partial charge in [0.2, 0.25) is 0 Å². The number of nitrogens with one attached hydrogen (secondary N) is 1. The highest BCUT2D eigenvalue weighted by Gasteiger charge is 2.13. The van der Waals surface area contributed by atoms with Crippen molar-refractivity contribution < 1.29 is 10.3 Å². The van der Waals surface area contributed by atoms with Crippen molar-refractivity contribution in [1.82, 2.24) is 5.32 Å². The summed E-state index contributed by atoms with van der Waals surface area (Å²) >= 11 is 0. The lowest BCUT2D eigenvalue weighted by Gasteiger charge is -2.19. The van der Waals surface area contributed by atoms with E-state index >= 15 is 0 Å². The third kappa shape index (κ3) is 5.72. The number of aliphatic hydroxyl groups is 1. The Bertz CT molecular complexity index is 382. The maximum absolute atomic E-state index is 9.54. The molecule has 0 amide bonds. The van der Waals surface area contributed by atoms with Crippen LogP contribution in [0.3, 0.4) is 0 Å². The third-order valence-electron chi connectivity index (χ3n) is 3.08. The van der Waals surface area contributed by atoms with Crippen LogP contribution >= 0.6 is 0 Å². The van der Waals surface area contributed by atoms with Gasteiger partial charge in [-0.1, -0.05) is 42.4 Å². The molecule has 0 saturated carbocycles. The van der Waals surface area contributed by atoms with Gasteiger partial charge in [-0.25, -0.2) is 0 Å². The van der Waals surface area contributed by atoms with Crippen molar-refractivity contribution in [2.24, 2.45) is 10.9 Å². The van der Waals surface area contributed by atoms with Gasteiger partial charge in [-0.05, 0) is 24.9 Å². The molecule has 19 heavy (non-hydrogen) atoms. The summed E-state index contributed by atoms with van der Waals surface area (Å²) in [4.78, 5) is 0. The molecule has 106 valence electrons. The van der Waals surface area contributed by atoms with Gasteiger partial charge in [-0.2, -0.15) is 0 Å². The fourth-order valence-corrected chi connectivity index (χ4v) is 1.87. The number of hydrogen-bond donors (Lipinski definition) is 4. The molecule has 0 fully saturated rings. The molecule has 5 heteroatoms. The third-order valence-corrected chi connectivity index (χ3v) is 3.08. The first-order valence-electron chi connectivity index (χ1n) is 6.60. The van der Waals surface area contributed by atoms with E-state index in [1.807, 2.05) is 37.3 Å². The molecule has 0 saturated heterocycles. The molecule has 0 aliphatic rings. The van der Waals surface area contributed by atoms with Gasteiger partial charge in [-0.15, -0.1) is 0 Å². The fourth-order valence-electron chi connectivity index (χ4n) is 1.87. The van der Waals surface area contributed by atoms with E-state index in [1.54, 1.807) is 0 Å². The number of rotatable bonds is 8. The van der Waals surface area contributed by atoms with Crippen LogP contribution in [0.25, 0.3) is 0 Å². The largest absolute Gasteiger partial charge is 0.409 e. The van der Waals surface area contributed by atoms with Crippen molar-refractivity contribution in [3.05, 3.63) is 35.9 Å². The van der Waals surface area contributed by atoms with Crippen LogP contribution in [0.4, 0.5) is 0 Å². The molecule has 5 N–H and O–H groups in total. The van der Waals surface area contributed by atoms with Gasteiger partial charge in [0.25, 0.3) is 0 Å². The molecule has 2 unspecified atom stereocenters. The number of hydrogen-bond acceptors (Lipinski definition) is 4. The van der Waals surface area contributed by atoms with Gasteiger partial charge in [0.1, 0.15) is 5.84 Å². The van der Waals surface area contributed by atoms with Crippen molar-refractivity contribution in [2.45, 2.75) is 38.3 Å². The minimum absolute atomic E-state index is 0.0128. The molecule has 0 heterocycles. The van der Waals surface area contributed by atoms with E-state index in [0.717, 1.165) is 12.0 Å². The normalized spacial score (nSPS) is 15.2. The molecule has 0 aliphatic heterocycles. The Morgan fingerprint density at radius 1 is 1.37 bits per heavy atom. The van der Waals surface area contributed by atoms with Crippen LogP contribution in [0.15, 0.2) is 35.5 Å². The van der Waals surface area contributed by atoms with E-state index in [1.165, 1.54) is 0 Å². The van der Waals surface area contributed by atoms with Crippen LogP contribution in [-0.4, -0.2) is 28.8 Å². The highest BCUT2D eigenvalue weighted by Crippen LogP contribution is 2.16. The molecule has 0 spiro atoms. The monoisotopic (exact) mass is 265 g/mol. The lowest BCUT2D eigenvalue weighted by molar-refractivity contribution is 0.158. The second-order valence-corrected chi connectivity index (χ2v) is 4.56. The fraction of sp³-hybridized carbons (Fsp3) is 0.500. The van der Waals surface area contributed by atoms with E-state index in [9.17, 15) is 5.11 Å². The molecular formula is C14H23N3O2. The van der Waals surface area contributed by atoms with E-state index in [-0.39, 0.29) is 18.0 Å². The number of oxime groups is 1. The molecule has 0 bridgehead atoms. The Morgan fingerprint density at radius 2 is 2.05 bits per heavy atom. The predicted octanol–water partition coefficient (Wildman–Crippen LogP) is 1.61. The van der Waals surface area contributed by atoms with Crippen LogP contribution in [0.5, 0.6) is 0 Å². The maximum atomic E-state index is 9.54. The highest BCUT2D eigenvalue weighted by molar-refractivity contribution is 5.80. The van der Waals surface area contributed by atoms with E-state index < -0.39 is 0 Å². The zero-order chi connectivity index (χ0) is 14.1. The number of nitrogens with two attached hydrogens (primary N) is 1. The summed E-state index contributed by atoms with van der Waals surface area (Å²) in [5, 5.41) is 24.6. The number of benzene rings is 1. The second kappa shape index (κ2) is 8.50. The van der Waals surface area contributed by atoms with Gasteiger partial charge in [0.05, 0.1) is 6.10 Å². The Labute approximate surface area is 114 Å². The van der Waals surface area contributed by atoms with Crippen LogP contribution in [0.1, 0.15) is 37.8 Å². The van der Waals surface area contributed by atoms with Crippen molar-refractivity contribution in [3.8, 4) is 0 Å². The van der Waals surface area contributed by atoms with Gasteiger partial charge < -0.3 is 21.4 Å². The lowest BCUT2D eigenvalue weighted by atomic mass is 10.0. The first-order chi connectivity index (χ1) is 9.17. The Kier molecular flexibility index (Phi) is 6.92. The average Bonchev–Trinajstić information content (AvgIpc) is 2.46. The van der Waals surface area contributed by atoms with Crippen molar-refractivity contribution in [3.63, 3.8) is 0 Å². The van der Waals surface area contributed by atoms with Crippen LogP contribution in [-0.2, 0) is 0 Å². The number of aliphatic hydroxyl groups excluding tert-OH is 1. The molecule has 5 nitrogen and oxygen atoms in total. The SMILES string of the molecule is CCC(O)CCNC(C/C(N)=N/O)c1ccccc1. The second-order valence-electron chi connectivity index (χ2n) is 4.56. The smallest absolute Gasteiger partial charge is 0.141 e. The van der Waals surface area contributed by atoms with Crippen molar-refractivity contribution in [2.75, 3.05) is 6.54 Å². The van der Waals surface area contributed by atoms with E-state index in [0.29, 0.717) is 19.4 Å². The molecule has 0 aromatic heterocycles. The van der Waals surface area contributed by atoms with Crippen LogP contribution in [0.2, 0.25) is 0 Å². The number of nitrogens with zero attached hydrogens (tertiary/aromatic N) is 1. The van der Waals surface area contributed by atoms with Crippen LogP contribution in [0, 0.1) is 0 Å². The Hall–Kier alpha value is -1.59. The zero-order valence-electron chi connectivity index (χ0n) is 11.3. The lowest BCUT2D eigenvalue weighted by Crippen LogP contribution is -2.29.